The summed E-state index contributed by atoms with van der Waals surface area (Å²) in [6.45, 7) is -1.89. The van der Waals surface area contributed by atoms with E-state index in [9.17, 15) is 8.78 Å². The SMILES string of the molecule is CN=C(NCCc1ccccc1OC)NCc1ccccc1OC(F)F. The topological polar surface area (TPSA) is 54.9 Å². The zero-order valence-electron chi connectivity index (χ0n) is 14.8. The van der Waals surface area contributed by atoms with Gasteiger partial charge in [0.1, 0.15) is 11.5 Å². The highest BCUT2D eigenvalue weighted by molar-refractivity contribution is 5.79. The van der Waals surface area contributed by atoms with Crippen LogP contribution >= 0.6 is 0 Å². The maximum Gasteiger partial charge on any atom is 0.387 e. The number of ether oxygens (including phenoxy) is 2. The van der Waals surface area contributed by atoms with Crippen molar-refractivity contribution in [3.8, 4) is 11.5 Å². The first-order chi connectivity index (χ1) is 12.6. The average molecular weight is 363 g/mol. The van der Waals surface area contributed by atoms with E-state index in [0.29, 0.717) is 24.6 Å². The number of alkyl halides is 2. The van der Waals surface area contributed by atoms with Crippen molar-refractivity contribution in [2.45, 2.75) is 19.6 Å². The van der Waals surface area contributed by atoms with Gasteiger partial charge >= 0.3 is 6.61 Å². The van der Waals surface area contributed by atoms with Crippen molar-refractivity contribution in [2.75, 3.05) is 20.7 Å². The number of guanidine groups is 1. The molecule has 0 radical (unpaired) electrons. The Morgan fingerprint density at radius 1 is 1.00 bits per heavy atom. The van der Waals surface area contributed by atoms with E-state index in [-0.39, 0.29) is 5.75 Å². The van der Waals surface area contributed by atoms with E-state index in [1.165, 1.54) is 6.07 Å². The molecule has 0 bridgehead atoms. The van der Waals surface area contributed by atoms with Crippen LogP contribution in [0.4, 0.5) is 8.78 Å². The van der Waals surface area contributed by atoms with Gasteiger partial charge in [0.2, 0.25) is 0 Å². The zero-order chi connectivity index (χ0) is 18.8. The molecular formula is C19H23F2N3O2. The number of benzene rings is 2. The monoisotopic (exact) mass is 363 g/mol. The maximum atomic E-state index is 12.5. The van der Waals surface area contributed by atoms with E-state index in [4.69, 9.17) is 4.74 Å². The Morgan fingerprint density at radius 3 is 2.31 bits per heavy atom. The molecule has 26 heavy (non-hydrogen) atoms. The van der Waals surface area contributed by atoms with Crippen LogP contribution in [0.25, 0.3) is 0 Å². The van der Waals surface area contributed by atoms with Crippen LogP contribution < -0.4 is 20.1 Å². The molecule has 2 rings (SSSR count). The summed E-state index contributed by atoms with van der Waals surface area (Å²) in [5.74, 6) is 1.57. The summed E-state index contributed by atoms with van der Waals surface area (Å²) in [6.07, 6.45) is 0.760. The second-order valence-corrected chi connectivity index (χ2v) is 5.40. The van der Waals surface area contributed by atoms with Crippen molar-refractivity contribution in [2.24, 2.45) is 4.99 Å². The standard InChI is InChI=1S/C19H23F2N3O2/c1-22-19(23-12-11-14-7-3-5-9-16(14)25-2)24-13-15-8-4-6-10-17(15)26-18(20)21/h3-10,18H,11-13H2,1-2H3,(H2,22,23,24). The van der Waals surface area contributed by atoms with Gasteiger partial charge in [0.25, 0.3) is 0 Å². The van der Waals surface area contributed by atoms with Crippen molar-refractivity contribution in [1.29, 1.82) is 0 Å². The van der Waals surface area contributed by atoms with Gasteiger partial charge in [-0.3, -0.25) is 4.99 Å². The van der Waals surface area contributed by atoms with Gasteiger partial charge in [0, 0.05) is 25.7 Å². The van der Waals surface area contributed by atoms with Gasteiger partial charge in [0.05, 0.1) is 7.11 Å². The van der Waals surface area contributed by atoms with E-state index in [2.05, 4.69) is 20.4 Å². The third kappa shape index (κ3) is 5.91. The van der Waals surface area contributed by atoms with Crippen LogP contribution in [0.3, 0.4) is 0 Å². The smallest absolute Gasteiger partial charge is 0.387 e. The van der Waals surface area contributed by atoms with Gasteiger partial charge in [-0.1, -0.05) is 36.4 Å². The number of rotatable bonds is 8. The van der Waals surface area contributed by atoms with Crippen molar-refractivity contribution in [1.82, 2.24) is 10.6 Å². The number of aliphatic imine (C=N–C) groups is 1. The van der Waals surface area contributed by atoms with Crippen molar-refractivity contribution in [3.63, 3.8) is 0 Å². The molecule has 2 aromatic carbocycles. The first kappa shape index (κ1) is 19.5. The average Bonchev–Trinajstić information content (AvgIpc) is 2.65. The summed E-state index contributed by atoms with van der Waals surface area (Å²) in [5.41, 5.74) is 1.72. The highest BCUT2D eigenvalue weighted by atomic mass is 19.3. The van der Waals surface area contributed by atoms with Crippen LogP contribution in [0.1, 0.15) is 11.1 Å². The van der Waals surface area contributed by atoms with Gasteiger partial charge in [0.15, 0.2) is 5.96 Å². The second kappa shape index (κ2) is 10.2. The molecule has 0 aromatic heterocycles. The van der Waals surface area contributed by atoms with E-state index < -0.39 is 6.61 Å². The Labute approximate surface area is 152 Å². The molecule has 0 spiro atoms. The molecule has 0 aliphatic carbocycles. The van der Waals surface area contributed by atoms with Gasteiger partial charge in [-0.05, 0) is 24.1 Å². The van der Waals surface area contributed by atoms with Crippen LogP contribution in [0, 0.1) is 0 Å². The highest BCUT2D eigenvalue weighted by Gasteiger charge is 2.09. The molecule has 0 unspecified atom stereocenters. The molecule has 0 aliphatic rings. The van der Waals surface area contributed by atoms with Crippen molar-refractivity contribution in [3.05, 3.63) is 59.7 Å². The van der Waals surface area contributed by atoms with Crippen molar-refractivity contribution < 1.29 is 18.3 Å². The molecule has 0 saturated heterocycles. The lowest BCUT2D eigenvalue weighted by atomic mass is 10.1. The van der Waals surface area contributed by atoms with E-state index in [1.54, 1.807) is 32.4 Å². The third-order valence-corrected chi connectivity index (χ3v) is 3.74. The Hall–Kier alpha value is -2.83. The minimum Gasteiger partial charge on any atom is -0.496 e. The minimum atomic E-state index is -2.85. The van der Waals surface area contributed by atoms with Crippen molar-refractivity contribution >= 4 is 5.96 Å². The van der Waals surface area contributed by atoms with E-state index in [1.807, 2.05) is 24.3 Å². The molecular weight excluding hydrogens is 340 g/mol. The molecule has 0 amide bonds. The Balaban J connectivity index is 1.87. The molecule has 0 aliphatic heterocycles. The first-order valence-corrected chi connectivity index (χ1v) is 8.23. The lowest BCUT2D eigenvalue weighted by Crippen LogP contribution is -2.38. The second-order valence-electron chi connectivity index (χ2n) is 5.40. The number of hydrogen-bond donors (Lipinski definition) is 2. The Bertz CT molecular complexity index is 723. The van der Waals surface area contributed by atoms with Gasteiger partial charge in [-0.15, -0.1) is 0 Å². The number of nitrogens with one attached hydrogen (secondary N) is 2. The number of nitrogens with zero attached hydrogens (tertiary/aromatic N) is 1. The third-order valence-electron chi connectivity index (χ3n) is 3.74. The van der Waals surface area contributed by atoms with Crippen LogP contribution in [0.2, 0.25) is 0 Å². The normalized spacial score (nSPS) is 11.3. The minimum absolute atomic E-state index is 0.152. The van der Waals surface area contributed by atoms with Crippen LogP contribution in [-0.2, 0) is 13.0 Å². The molecule has 0 saturated carbocycles. The lowest BCUT2D eigenvalue weighted by Gasteiger charge is -2.15. The summed E-state index contributed by atoms with van der Waals surface area (Å²) in [7, 11) is 3.30. The first-order valence-electron chi connectivity index (χ1n) is 8.23. The van der Waals surface area contributed by atoms with Crippen LogP contribution in [0.15, 0.2) is 53.5 Å². The summed E-state index contributed by atoms with van der Waals surface area (Å²) < 4.78 is 34.8. The predicted molar refractivity (Wildman–Crippen MR) is 98.0 cm³/mol. The molecule has 2 aromatic rings. The fourth-order valence-electron chi connectivity index (χ4n) is 2.49. The number of halogens is 2. The molecule has 5 nitrogen and oxygen atoms in total. The van der Waals surface area contributed by atoms with Gasteiger partial charge < -0.3 is 20.1 Å². The molecule has 0 atom stereocenters. The Kier molecular flexibility index (Phi) is 7.67. The molecule has 0 heterocycles. The van der Waals surface area contributed by atoms with E-state index in [0.717, 1.165) is 17.7 Å². The summed E-state index contributed by atoms with van der Waals surface area (Å²) in [5, 5.41) is 6.29. The Morgan fingerprint density at radius 2 is 1.65 bits per heavy atom. The number of hydrogen-bond acceptors (Lipinski definition) is 3. The highest BCUT2D eigenvalue weighted by Crippen LogP contribution is 2.20. The number of methoxy groups -OCH3 is 1. The summed E-state index contributed by atoms with van der Waals surface area (Å²) >= 11 is 0. The zero-order valence-corrected chi connectivity index (χ0v) is 14.8. The summed E-state index contributed by atoms with van der Waals surface area (Å²) in [6, 6.07) is 14.5. The molecule has 140 valence electrons. The number of para-hydroxylation sites is 2. The van der Waals surface area contributed by atoms with Crippen LogP contribution in [0.5, 0.6) is 11.5 Å². The maximum absolute atomic E-state index is 12.5. The quantitative estimate of drug-likeness (QED) is 0.559. The lowest BCUT2D eigenvalue weighted by molar-refractivity contribution is -0.0504. The van der Waals surface area contributed by atoms with Gasteiger partial charge in [-0.25, -0.2) is 0 Å². The summed E-state index contributed by atoms with van der Waals surface area (Å²) in [4.78, 5) is 4.14. The molecule has 0 fully saturated rings. The molecule has 2 N–H and O–H groups in total. The van der Waals surface area contributed by atoms with E-state index >= 15 is 0 Å². The predicted octanol–water partition coefficient (Wildman–Crippen LogP) is 3.20. The fraction of sp³-hybridized carbons (Fsp3) is 0.316. The van der Waals surface area contributed by atoms with Crippen LogP contribution in [-0.4, -0.2) is 33.3 Å². The largest absolute Gasteiger partial charge is 0.496 e. The van der Waals surface area contributed by atoms with Gasteiger partial charge in [-0.2, -0.15) is 8.78 Å². The fourth-order valence-corrected chi connectivity index (χ4v) is 2.49. The molecule has 7 heteroatoms.